The maximum atomic E-state index is 14.0. The van der Waals surface area contributed by atoms with Crippen LogP contribution in [0.5, 0.6) is 5.75 Å². The molecular weight excluding hydrogens is 465 g/mol. The summed E-state index contributed by atoms with van der Waals surface area (Å²) in [7, 11) is 1.49. The number of fused-ring (bicyclic) bond motifs is 1. The molecular formula is C26H30FN5O4. The lowest BCUT2D eigenvalue weighted by Gasteiger charge is -2.29. The van der Waals surface area contributed by atoms with Gasteiger partial charge >= 0.3 is 0 Å². The number of aromatic amines is 1. The normalized spacial score (nSPS) is 19.7. The summed E-state index contributed by atoms with van der Waals surface area (Å²) in [6.45, 7) is 0.592. The van der Waals surface area contributed by atoms with Gasteiger partial charge in [-0.1, -0.05) is 0 Å². The van der Waals surface area contributed by atoms with Crippen molar-refractivity contribution in [1.82, 2.24) is 25.6 Å². The number of rotatable bonds is 9. The van der Waals surface area contributed by atoms with E-state index < -0.39 is 0 Å². The summed E-state index contributed by atoms with van der Waals surface area (Å²) in [5.74, 6) is 0.221. The van der Waals surface area contributed by atoms with Crippen LogP contribution in [0.2, 0.25) is 0 Å². The molecule has 3 N–H and O–H groups in total. The molecule has 2 saturated carbocycles. The van der Waals surface area contributed by atoms with Crippen molar-refractivity contribution in [2.45, 2.75) is 50.6 Å². The molecule has 5 rings (SSSR count). The van der Waals surface area contributed by atoms with E-state index in [1.54, 1.807) is 12.3 Å². The number of H-pyrrole nitrogens is 1. The maximum absolute atomic E-state index is 14.0. The van der Waals surface area contributed by atoms with Gasteiger partial charge in [-0.3, -0.25) is 9.59 Å². The average Bonchev–Trinajstić information content (AvgIpc) is 3.60. The van der Waals surface area contributed by atoms with Gasteiger partial charge < -0.3 is 25.1 Å². The number of hydrogen-bond acceptors (Lipinski definition) is 6. The van der Waals surface area contributed by atoms with Crippen molar-refractivity contribution in [3.8, 4) is 17.0 Å². The van der Waals surface area contributed by atoms with Gasteiger partial charge in [0.1, 0.15) is 35.7 Å². The molecule has 0 saturated heterocycles. The number of amides is 2. The Kier molecular flexibility index (Phi) is 7.13. The Labute approximate surface area is 208 Å². The molecule has 1 aromatic carbocycles. The Balaban J connectivity index is 1.29. The lowest BCUT2D eigenvalue weighted by molar-refractivity contribution is -0.125. The van der Waals surface area contributed by atoms with Crippen molar-refractivity contribution in [2.75, 3.05) is 20.3 Å². The molecule has 0 radical (unpaired) electrons. The molecule has 2 aliphatic carbocycles. The Hall–Kier alpha value is -3.53. The Morgan fingerprint density at radius 1 is 1.08 bits per heavy atom. The lowest BCUT2D eigenvalue weighted by Crippen LogP contribution is -2.44. The summed E-state index contributed by atoms with van der Waals surface area (Å²) in [5, 5.41) is 6.06. The monoisotopic (exact) mass is 495 g/mol. The quantitative estimate of drug-likeness (QED) is 0.419. The van der Waals surface area contributed by atoms with Crippen LogP contribution in [-0.2, 0) is 9.53 Å². The molecule has 2 aliphatic rings. The zero-order chi connectivity index (χ0) is 25.1. The van der Waals surface area contributed by atoms with Crippen LogP contribution in [-0.4, -0.2) is 59.2 Å². The van der Waals surface area contributed by atoms with Crippen LogP contribution in [0.25, 0.3) is 22.3 Å². The number of carbonyl (C=O) groups is 2. The van der Waals surface area contributed by atoms with Gasteiger partial charge in [0.15, 0.2) is 0 Å². The van der Waals surface area contributed by atoms with E-state index in [1.807, 2.05) is 0 Å². The Morgan fingerprint density at radius 2 is 1.83 bits per heavy atom. The fourth-order valence-electron chi connectivity index (χ4n) is 4.67. The van der Waals surface area contributed by atoms with Crippen molar-refractivity contribution in [1.29, 1.82) is 0 Å². The third-order valence-electron chi connectivity index (χ3n) is 6.78. The highest BCUT2D eigenvalue weighted by atomic mass is 19.1. The van der Waals surface area contributed by atoms with Crippen LogP contribution in [0, 0.1) is 11.7 Å². The second kappa shape index (κ2) is 10.6. The topological polar surface area (TPSA) is 118 Å². The van der Waals surface area contributed by atoms with Gasteiger partial charge in [-0.15, -0.1) is 0 Å². The third kappa shape index (κ3) is 5.48. The van der Waals surface area contributed by atoms with Crippen molar-refractivity contribution in [2.24, 2.45) is 5.92 Å². The van der Waals surface area contributed by atoms with Crippen molar-refractivity contribution in [3.05, 3.63) is 42.1 Å². The number of aromatic nitrogens is 3. The van der Waals surface area contributed by atoms with Crippen LogP contribution in [0.3, 0.4) is 0 Å². The summed E-state index contributed by atoms with van der Waals surface area (Å²) in [4.78, 5) is 36.8. The van der Waals surface area contributed by atoms with Crippen LogP contribution < -0.4 is 15.4 Å². The number of benzene rings is 1. The van der Waals surface area contributed by atoms with Gasteiger partial charge in [-0.25, -0.2) is 14.4 Å². The zero-order valence-electron chi connectivity index (χ0n) is 20.2. The predicted octanol–water partition coefficient (Wildman–Crippen LogP) is 3.36. The highest BCUT2D eigenvalue weighted by Gasteiger charge is 2.26. The second-order valence-electron chi connectivity index (χ2n) is 9.57. The molecule has 36 heavy (non-hydrogen) atoms. The van der Waals surface area contributed by atoms with Gasteiger partial charge in [0, 0.05) is 37.0 Å². The molecule has 0 bridgehead atoms. The molecule has 2 heterocycles. The smallest absolute Gasteiger partial charge is 0.255 e. The molecule has 0 spiro atoms. The lowest BCUT2D eigenvalue weighted by atomic mass is 9.91. The highest BCUT2D eigenvalue weighted by molar-refractivity contribution is 6.07. The number of methoxy groups -OCH3 is 1. The zero-order valence-corrected chi connectivity index (χ0v) is 20.2. The number of halogens is 1. The minimum absolute atomic E-state index is 0.0128. The van der Waals surface area contributed by atoms with E-state index in [4.69, 9.17) is 9.47 Å². The standard InChI is InChI=1S/C26H30FN5O4/c1-35-13-22(33)31-17-5-7-18(8-6-17)32-26(34)20-11-28-25-23(29-14-30-24(20)25)19-9-4-16(27)10-21(19)36-12-15-2-3-15/h4,9-11,14-15,17-18,28H,2-3,5-8,12-13H2,1H3,(H,31,33)(H,32,34)/t17-,18+. The minimum atomic E-state index is -0.380. The van der Waals surface area contributed by atoms with Gasteiger partial charge in [-0.2, -0.15) is 0 Å². The minimum Gasteiger partial charge on any atom is -0.492 e. The van der Waals surface area contributed by atoms with Crippen molar-refractivity contribution >= 4 is 22.8 Å². The summed E-state index contributed by atoms with van der Waals surface area (Å²) >= 11 is 0. The molecule has 0 atom stereocenters. The molecule has 2 fully saturated rings. The number of ether oxygens (including phenoxy) is 2. The fourth-order valence-corrected chi connectivity index (χ4v) is 4.67. The molecule has 2 amide bonds. The number of nitrogens with zero attached hydrogens (tertiary/aromatic N) is 2. The van der Waals surface area contributed by atoms with E-state index in [0.29, 0.717) is 46.1 Å². The van der Waals surface area contributed by atoms with Gasteiger partial charge in [0.05, 0.1) is 17.7 Å². The van der Waals surface area contributed by atoms with Crippen LogP contribution in [0.15, 0.2) is 30.7 Å². The van der Waals surface area contributed by atoms with Gasteiger partial charge in [0.2, 0.25) is 5.91 Å². The third-order valence-corrected chi connectivity index (χ3v) is 6.78. The van der Waals surface area contributed by atoms with Crippen LogP contribution >= 0.6 is 0 Å². The molecule has 2 aromatic heterocycles. The fraction of sp³-hybridized carbons (Fsp3) is 0.462. The highest BCUT2D eigenvalue weighted by Crippen LogP contribution is 2.36. The number of carbonyl (C=O) groups excluding carboxylic acids is 2. The summed E-state index contributed by atoms with van der Waals surface area (Å²) < 4.78 is 24.8. The van der Waals surface area contributed by atoms with E-state index >= 15 is 0 Å². The van der Waals surface area contributed by atoms with E-state index in [2.05, 4.69) is 25.6 Å². The number of hydrogen-bond donors (Lipinski definition) is 3. The SMILES string of the molecule is COCC(=O)N[C@H]1CC[C@@H](NC(=O)c2c[nH]c3c(-c4ccc(F)cc4OCC4CC4)ncnc23)CC1. The molecule has 190 valence electrons. The summed E-state index contributed by atoms with van der Waals surface area (Å²) in [6, 6.07) is 4.49. The molecule has 0 aliphatic heterocycles. The Morgan fingerprint density at radius 3 is 2.56 bits per heavy atom. The molecule has 10 heteroatoms. The predicted molar refractivity (Wildman–Crippen MR) is 131 cm³/mol. The van der Waals surface area contributed by atoms with Crippen LogP contribution in [0.4, 0.5) is 4.39 Å². The van der Waals surface area contributed by atoms with Gasteiger partial charge in [0.25, 0.3) is 5.91 Å². The average molecular weight is 496 g/mol. The summed E-state index contributed by atoms with van der Waals surface area (Å²) in [6.07, 6.45) is 8.40. The van der Waals surface area contributed by atoms with E-state index in [1.165, 1.54) is 25.6 Å². The Bertz CT molecular complexity index is 1250. The molecule has 3 aromatic rings. The van der Waals surface area contributed by atoms with E-state index in [-0.39, 0.29) is 36.3 Å². The largest absolute Gasteiger partial charge is 0.492 e. The second-order valence-corrected chi connectivity index (χ2v) is 9.57. The van der Waals surface area contributed by atoms with E-state index in [9.17, 15) is 14.0 Å². The first-order valence-electron chi connectivity index (χ1n) is 12.4. The van der Waals surface area contributed by atoms with Crippen molar-refractivity contribution < 1.29 is 23.5 Å². The van der Waals surface area contributed by atoms with Crippen LogP contribution in [0.1, 0.15) is 48.9 Å². The maximum Gasteiger partial charge on any atom is 0.255 e. The summed E-state index contributed by atoms with van der Waals surface area (Å²) in [5.41, 5.74) is 2.71. The molecule has 0 unspecified atom stereocenters. The first-order chi connectivity index (χ1) is 17.5. The first kappa shape index (κ1) is 24.2. The van der Waals surface area contributed by atoms with E-state index in [0.717, 1.165) is 38.5 Å². The molecule has 9 nitrogen and oxygen atoms in total. The van der Waals surface area contributed by atoms with Gasteiger partial charge in [-0.05, 0) is 56.6 Å². The first-order valence-corrected chi connectivity index (χ1v) is 12.4. The van der Waals surface area contributed by atoms with Crippen molar-refractivity contribution in [3.63, 3.8) is 0 Å². The number of nitrogens with one attached hydrogen (secondary N) is 3.